The topological polar surface area (TPSA) is 108 Å². The minimum absolute atomic E-state index is 0.00833. The molecule has 0 fully saturated rings. The molecular weight excluding hydrogens is 606 g/mol. The lowest BCUT2D eigenvalue weighted by Gasteiger charge is -2.28. The second-order valence-electron chi connectivity index (χ2n) is 12.3. The van der Waals surface area contributed by atoms with Gasteiger partial charge in [0.15, 0.2) is 6.61 Å². The van der Waals surface area contributed by atoms with E-state index in [1.807, 2.05) is 6.07 Å². The number of nitrogens with one attached hydrogen (secondary N) is 1. The van der Waals surface area contributed by atoms with Gasteiger partial charge in [0.25, 0.3) is 5.91 Å². The number of hydrogen-bond donors (Lipinski definition) is 2. The van der Waals surface area contributed by atoms with Crippen molar-refractivity contribution in [3.63, 3.8) is 0 Å². The molecule has 0 bridgehead atoms. The van der Waals surface area contributed by atoms with Crippen LogP contribution in [0.15, 0.2) is 77.9 Å². The zero-order valence-electron chi connectivity index (χ0n) is 25.8. The molecule has 0 spiro atoms. The molecule has 1 aliphatic rings. The summed E-state index contributed by atoms with van der Waals surface area (Å²) in [5, 5.41) is 17.5. The number of hydrogen-bond acceptors (Lipinski definition) is 5. The number of carboxylic acid groups (broad SMARTS) is 1. The molecule has 0 aliphatic carbocycles. The third-order valence-corrected chi connectivity index (χ3v) is 7.89. The van der Waals surface area contributed by atoms with E-state index >= 15 is 0 Å². The van der Waals surface area contributed by atoms with Gasteiger partial charge in [-0.25, -0.2) is 9.40 Å². The molecule has 12 heteroatoms. The van der Waals surface area contributed by atoms with Crippen molar-refractivity contribution in [1.29, 1.82) is 0 Å². The molecule has 3 unspecified atom stereocenters. The standard InChI is InChI=1S/C34H35F4N3O5/c1-20(34(36,37)38)29(30(43)39-27-17-22(12-15-26(27)35)16-25(32(44)45)33(2,3)4)23-13-10-21(11-14-23)18-41-28(42)19-46-31(40-41)24-8-6-5-7-9-24/h5-15,17,20,25,29H,16,18-19H2,1-4H3,(H,39,43)(H,44,45). The van der Waals surface area contributed by atoms with Gasteiger partial charge in [0.2, 0.25) is 11.8 Å². The van der Waals surface area contributed by atoms with E-state index < -0.39 is 52.9 Å². The lowest BCUT2D eigenvalue weighted by molar-refractivity contribution is -0.178. The summed E-state index contributed by atoms with van der Waals surface area (Å²) in [6, 6.07) is 18.4. The van der Waals surface area contributed by atoms with Crippen LogP contribution in [0.2, 0.25) is 0 Å². The van der Waals surface area contributed by atoms with Gasteiger partial charge >= 0.3 is 12.1 Å². The van der Waals surface area contributed by atoms with E-state index in [0.717, 1.165) is 13.0 Å². The fourth-order valence-corrected chi connectivity index (χ4v) is 5.11. The zero-order valence-corrected chi connectivity index (χ0v) is 25.8. The average molecular weight is 642 g/mol. The van der Waals surface area contributed by atoms with Crippen molar-refractivity contribution in [2.45, 2.75) is 52.8 Å². The molecule has 0 saturated heterocycles. The first-order chi connectivity index (χ1) is 21.5. The Morgan fingerprint density at radius 3 is 2.22 bits per heavy atom. The van der Waals surface area contributed by atoms with Crippen LogP contribution in [-0.4, -0.2) is 46.6 Å². The summed E-state index contributed by atoms with van der Waals surface area (Å²) in [4.78, 5) is 37.7. The lowest BCUT2D eigenvalue weighted by atomic mass is 9.77. The van der Waals surface area contributed by atoms with Crippen molar-refractivity contribution in [2.75, 3.05) is 11.9 Å². The van der Waals surface area contributed by atoms with Crippen LogP contribution in [0, 0.1) is 23.1 Å². The van der Waals surface area contributed by atoms with Crippen molar-refractivity contribution >= 4 is 29.4 Å². The van der Waals surface area contributed by atoms with E-state index in [-0.39, 0.29) is 36.7 Å². The van der Waals surface area contributed by atoms with Crippen molar-refractivity contribution in [3.8, 4) is 0 Å². The monoisotopic (exact) mass is 641 g/mol. The number of carbonyl (C=O) groups excluding carboxylic acids is 2. The highest BCUT2D eigenvalue weighted by Gasteiger charge is 2.45. The number of alkyl halides is 3. The first-order valence-corrected chi connectivity index (χ1v) is 14.6. The Morgan fingerprint density at radius 2 is 1.63 bits per heavy atom. The summed E-state index contributed by atoms with van der Waals surface area (Å²) in [5.74, 6) is -7.88. The summed E-state index contributed by atoms with van der Waals surface area (Å²) in [7, 11) is 0. The number of benzene rings is 3. The van der Waals surface area contributed by atoms with E-state index in [0.29, 0.717) is 16.7 Å². The molecule has 1 heterocycles. The maximum Gasteiger partial charge on any atom is 0.392 e. The second kappa shape index (κ2) is 13.7. The number of aliphatic carboxylic acids is 1. The smallest absolute Gasteiger partial charge is 0.392 e. The van der Waals surface area contributed by atoms with Gasteiger partial charge in [-0.15, -0.1) is 5.10 Å². The highest BCUT2D eigenvalue weighted by molar-refractivity contribution is 5.98. The van der Waals surface area contributed by atoms with Gasteiger partial charge in [-0.05, 0) is 52.8 Å². The predicted molar refractivity (Wildman–Crippen MR) is 163 cm³/mol. The van der Waals surface area contributed by atoms with Crippen molar-refractivity contribution in [3.05, 3.63) is 101 Å². The van der Waals surface area contributed by atoms with Gasteiger partial charge in [0.1, 0.15) is 5.82 Å². The zero-order chi connectivity index (χ0) is 33.8. The molecule has 2 N–H and O–H groups in total. The quantitative estimate of drug-likeness (QED) is 0.238. The second-order valence-corrected chi connectivity index (χ2v) is 12.3. The molecule has 0 radical (unpaired) electrons. The minimum atomic E-state index is -4.76. The summed E-state index contributed by atoms with van der Waals surface area (Å²) in [5.41, 5.74) is 0.661. The van der Waals surface area contributed by atoms with Gasteiger partial charge < -0.3 is 15.2 Å². The molecule has 1 aliphatic heterocycles. The molecule has 4 rings (SSSR count). The van der Waals surface area contributed by atoms with Crippen LogP contribution in [-0.2, 0) is 32.1 Å². The minimum Gasteiger partial charge on any atom is -0.481 e. The third-order valence-electron chi connectivity index (χ3n) is 7.89. The van der Waals surface area contributed by atoms with Crippen LogP contribution in [0.25, 0.3) is 0 Å². The SMILES string of the molecule is CC(C(C(=O)Nc1cc(CC(C(=O)O)C(C)(C)C)ccc1F)c1ccc(CN2N=C(c3ccccc3)OCC2=O)cc1)C(F)(F)F. The Bertz CT molecular complexity index is 1600. The Morgan fingerprint density at radius 1 is 1.00 bits per heavy atom. The van der Waals surface area contributed by atoms with Gasteiger partial charge in [0.05, 0.1) is 30.0 Å². The molecule has 3 atom stereocenters. The molecule has 3 aromatic carbocycles. The van der Waals surface area contributed by atoms with Crippen LogP contribution in [0.3, 0.4) is 0 Å². The van der Waals surface area contributed by atoms with Gasteiger partial charge in [-0.1, -0.05) is 76.2 Å². The van der Waals surface area contributed by atoms with E-state index in [1.165, 1.54) is 41.4 Å². The van der Waals surface area contributed by atoms with Gasteiger partial charge in [-0.3, -0.25) is 14.4 Å². The molecule has 8 nitrogen and oxygen atoms in total. The Labute approximate surface area is 264 Å². The van der Waals surface area contributed by atoms with Crippen LogP contribution >= 0.6 is 0 Å². The van der Waals surface area contributed by atoms with E-state index in [1.54, 1.807) is 45.0 Å². The molecule has 0 saturated carbocycles. The summed E-state index contributed by atoms with van der Waals surface area (Å²) >= 11 is 0. The third kappa shape index (κ3) is 8.29. The Kier molecular flexibility index (Phi) is 10.2. The number of halogens is 4. The van der Waals surface area contributed by atoms with Crippen molar-refractivity contribution in [1.82, 2.24) is 5.01 Å². The number of nitrogens with zero attached hydrogens (tertiary/aromatic N) is 2. The summed E-state index contributed by atoms with van der Waals surface area (Å²) in [6.45, 7) is 5.90. The average Bonchev–Trinajstić information content (AvgIpc) is 2.98. The molecule has 0 aromatic heterocycles. The summed E-state index contributed by atoms with van der Waals surface area (Å²) in [6.07, 6.45) is -4.74. The van der Waals surface area contributed by atoms with Crippen LogP contribution < -0.4 is 5.32 Å². The molecule has 46 heavy (non-hydrogen) atoms. The number of anilines is 1. The maximum absolute atomic E-state index is 14.8. The molecule has 244 valence electrons. The highest BCUT2D eigenvalue weighted by atomic mass is 19.4. The largest absolute Gasteiger partial charge is 0.481 e. The fourth-order valence-electron chi connectivity index (χ4n) is 5.11. The summed E-state index contributed by atoms with van der Waals surface area (Å²) < 4.78 is 62.2. The normalized spacial score (nSPS) is 15.8. The maximum atomic E-state index is 14.8. The van der Waals surface area contributed by atoms with Crippen LogP contribution in [0.5, 0.6) is 0 Å². The van der Waals surface area contributed by atoms with E-state index in [9.17, 15) is 37.1 Å². The first kappa shape index (κ1) is 34.1. The lowest BCUT2D eigenvalue weighted by Crippen LogP contribution is -2.36. The predicted octanol–water partition coefficient (Wildman–Crippen LogP) is 6.76. The van der Waals surface area contributed by atoms with Gasteiger partial charge in [-0.2, -0.15) is 13.2 Å². The number of carboxylic acids is 1. The van der Waals surface area contributed by atoms with Crippen molar-refractivity contribution in [2.24, 2.45) is 22.4 Å². The fraction of sp³-hybridized carbons (Fsp3) is 0.353. The van der Waals surface area contributed by atoms with Crippen LogP contribution in [0.4, 0.5) is 23.2 Å². The van der Waals surface area contributed by atoms with E-state index in [4.69, 9.17) is 4.74 Å². The first-order valence-electron chi connectivity index (χ1n) is 14.6. The molecular formula is C34H35F4N3O5. The number of ether oxygens (including phenoxy) is 1. The van der Waals surface area contributed by atoms with Crippen molar-refractivity contribution < 1.29 is 41.8 Å². The number of hydrazone groups is 1. The number of rotatable bonds is 10. The molecule has 2 amide bonds. The molecule has 3 aromatic rings. The number of amides is 2. The highest BCUT2D eigenvalue weighted by Crippen LogP contribution is 2.39. The Hall–Kier alpha value is -4.74. The Balaban J connectivity index is 1.57. The number of carbonyl (C=O) groups is 3. The van der Waals surface area contributed by atoms with Crippen LogP contribution in [0.1, 0.15) is 55.9 Å². The van der Waals surface area contributed by atoms with E-state index in [2.05, 4.69) is 10.4 Å². The van der Waals surface area contributed by atoms with Gasteiger partial charge in [0, 0.05) is 5.56 Å².